The average Bonchev–Trinajstić information content (AvgIpc) is 2.78. The Bertz CT molecular complexity index is 325. The van der Waals surface area contributed by atoms with Crippen LogP contribution in [0.1, 0.15) is 31.7 Å². The molecule has 4 nitrogen and oxygen atoms in total. The van der Waals surface area contributed by atoms with Crippen molar-refractivity contribution in [1.29, 1.82) is 0 Å². The van der Waals surface area contributed by atoms with Gasteiger partial charge in [-0.2, -0.15) is 11.3 Å². The normalized spacial score (nSPS) is 14.1. The number of amides is 2. The van der Waals surface area contributed by atoms with Crippen molar-refractivity contribution in [2.24, 2.45) is 0 Å². The zero-order chi connectivity index (χ0) is 12.7. The number of aliphatic hydroxyl groups excluding tert-OH is 1. The molecule has 0 radical (unpaired) electrons. The molecule has 3 N–H and O–H groups in total. The predicted molar refractivity (Wildman–Crippen MR) is 70.4 cm³/mol. The van der Waals surface area contributed by atoms with E-state index >= 15 is 0 Å². The minimum atomic E-state index is -0.375. The highest BCUT2D eigenvalue weighted by molar-refractivity contribution is 7.07. The van der Waals surface area contributed by atoms with Gasteiger partial charge >= 0.3 is 6.03 Å². The Kier molecular flexibility index (Phi) is 6.00. The lowest BCUT2D eigenvalue weighted by molar-refractivity contribution is 0.183. The third kappa shape index (κ3) is 5.70. The number of aliphatic hydroxyl groups is 1. The number of hydrogen-bond donors (Lipinski definition) is 3. The number of nitrogens with one attached hydrogen (secondary N) is 2. The minimum Gasteiger partial charge on any atom is -0.393 e. The van der Waals surface area contributed by atoms with Crippen LogP contribution in [-0.2, 0) is 0 Å². The standard InChI is InChI=1S/C12H20N2O2S/c1-9(11-4-6-17-8-11)7-14-12(16)13-5-3-10(2)15/h4,6,8-10,15H,3,5,7H2,1-2H3,(H2,13,14,16). The Hall–Kier alpha value is -1.07. The molecule has 0 spiro atoms. The van der Waals surface area contributed by atoms with E-state index in [1.54, 1.807) is 18.3 Å². The molecular weight excluding hydrogens is 236 g/mol. The Labute approximate surface area is 106 Å². The Morgan fingerprint density at radius 1 is 1.47 bits per heavy atom. The first kappa shape index (κ1) is 14.0. The van der Waals surface area contributed by atoms with Crippen molar-refractivity contribution in [3.63, 3.8) is 0 Å². The molecule has 1 aromatic rings. The zero-order valence-electron chi connectivity index (χ0n) is 10.3. The molecule has 0 aliphatic heterocycles. The lowest BCUT2D eigenvalue weighted by Gasteiger charge is -2.12. The maximum Gasteiger partial charge on any atom is 0.314 e. The monoisotopic (exact) mass is 256 g/mol. The molecule has 1 heterocycles. The first-order valence-electron chi connectivity index (χ1n) is 5.81. The van der Waals surface area contributed by atoms with Crippen molar-refractivity contribution in [3.8, 4) is 0 Å². The van der Waals surface area contributed by atoms with Crippen LogP contribution in [0.4, 0.5) is 4.79 Å². The number of urea groups is 1. The van der Waals surface area contributed by atoms with Gasteiger partial charge in [-0.25, -0.2) is 4.79 Å². The van der Waals surface area contributed by atoms with Gasteiger partial charge in [0.1, 0.15) is 0 Å². The van der Waals surface area contributed by atoms with E-state index in [-0.39, 0.29) is 12.1 Å². The third-order valence-corrected chi connectivity index (χ3v) is 3.23. The van der Waals surface area contributed by atoms with E-state index in [0.29, 0.717) is 25.4 Å². The van der Waals surface area contributed by atoms with Crippen LogP contribution in [0.15, 0.2) is 16.8 Å². The molecule has 0 fully saturated rings. The molecule has 0 aliphatic rings. The summed E-state index contributed by atoms with van der Waals surface area (Å²) in [7, 11) is 0. The lowest BCUT2D eigenvalue weighted by Crippen LogP contribution is -2.38. The largest absolute Gasteiger partial charge is 0.393 e. The van der Waals surface area contributed by atoms with Crippen LogP contribution in [0.5, 0.6) is 0 Å². The molecule has 96 valence electrons. The predicted octanol–water partition coefficient (Wildman–Crippen LogP) is 1.92. The minimum absolute atomic E-state index is 0.173. The summed E-state index contributed by atoms with van der Waals surface area (Å²) in [4.78, 5) is 11.4. The Morgan fingerprint density at radius 3 is 2.82 bits per heavy atom. The average molecular weight is 256 g/mol. The summed E-state index contributed by atoms with van der Waals surface area (Å²) in [6, 6.07) is 1.90. The highest BCUT2D eigenvalue weighted by Gasteiger charge is 2.07. The second kappa shape index (κ2) is 7.29. The van der Waals surface area contributed by atoms with Crippen molar-refractivity contribution in [1.82, 2.24) is 10.6 Å². The summed E-state index contributed by atoms with van der Waals surface area (Å²) in [5.41, 5.74) is 1.25. The van der Waals surface area contributed by atoms with Crippen LogP contribution in [0.3, 0.4) is 0 Å². The van der Waals surface area contributed by atoms with E-state index in [0.717, 1.165) is 0 Å². The summed E-state index contributed by atoms with van der Waals surface area (Å²) in [5.74, 6) is 0.323. The molecule has 0 aromatic carbocycles. The topological polar surface area (TPSA) is 61.4 Å². The van der Waals surface area contributed by atoms with Crippen molar-refractivity contribution in [2.75, 3.05) is 13.1 Å². The van der Waals surface area contributed by atoms with Crippen LogP contribution < -0.4 is 10.6 Å². The van der Waals surface area contributed by atoms with E-state index in [2.05, 4.69) is 29.0 Å². The van der Waals surface area contributed by atoms with E-state index in [4.69, 9.17) is 5.11 Å². The van der Waals surface area contributed by atoms with Gasteiger partial charge in [0.05, 0.1) is 6.10 Å². The van der Waals surface area contributed by atoms with Crippen LogP contribution in [0.2, 0.25) is 0 Å². The van der Waals surface area contributed by atoms with Crippen LogP contribution >= 0.6 is 11.3 Å². The number of rotatable bonds is 6. The maximum atomic E-state index is 11.4. The van der Waals surface area contributed by atoms with Gasteiger partial charge in [0.25, 0.3) is 0 Å². The summed E-state index contributed by atoms with van der Waals surface area (Å²) >= 11 is 1.66. The van der Waals surface area contributed by atoms with E-state index < -0.39 is 0 Å². The number of carbonyl (C=O) groups is 1. The fourth-order valence-electron chi connectivity index (χ4n) is 1.38. The quantitative estimate of drug-likeness (QED) is 0.728. The summed E-state index contributed by atoms with van der Waals surface area (Å²) < 4.78 is 0. The van der Waals surface area contributed by atoms with Gasteiger partial charge in [0.2, 0.25) is 0 Å². The molecule has 17 heavy (non-hydrogen) atoms. The smallest absolute Gasteiger partial charge is 0.314 e. The molecule has 0 bridgehead atoms. The molecule has 2 atom stereocenters. The number of hydrogen-bond acceptors (Lipinski definition) is 3. The summed E-state index contributed by atoms with van der Waals surface area (Å²) in [6.45, 7) is 4.91. The summed E-state index contributed by atoms with van der Waals surface area (Å²) in [5, 5.41) is 18.7. The van der Waals surface area contributed by atoms with Crippen LogP contribution in [-0.4, -0.2) is 30.3 Å². The van der Waals surface area contributed by atoms with E-state index in [1.807, 2.05) is 5.38 Å². The van der Waals surface area contributed by atoms with Crippen molar-refractivity contribution in [2.45, 2.75) is 32.3 Å². The van der Waals surface area contributed by atoms with Gasteiger partial charge in [0, 0.05) is 13.1 Å². The first-order valence-corrected chi connectivity index (χ1v) is 6.75. The number of thiophene rings is 1. The molecule has 1 rings (SSSR count). The van der Waals surface area contributed by atoms with Gasteiger partial charge in [0.15, 0.2) is 0 Å². The fourth-order valence-corrected chi connectivity index (χ4v) is 2.16. The van der Waals surface area contributed by atoms with Crippen LogP contribution in [0, 0.1) is 0 Å². The molecule has 0 saturated carbocycles. The molecule has 2 amide bonds. The van der Waals surface area contributed by atoms with Crippen molar-refractivity contribution >= 4 is 17.4 Å². The highest BCUT2D eigenvalue weighted by Crippen LogP contribution is 2.16. The van der Waals surface area contributed by atoms with Gasteiger partial charge < -0.3 is 15.7 Å². The van der Waals surface area contributed by atoms with Gasteiger partial charge in [-0.1, -0.05) is 6.92 Å². The SMILES string of the molecule is CC(O)CCNC(=O)NCC(C)c1ccsc1. The van der Waals surface area contributed by atoms with Gasteiger partial charge in [-0.15, -0.1) is 0 Å². The van der Waals surface area contributed by atoms with E-state index in [9.17, 15) is 4.79 Å². The highest BCUT2D eigenvalue weighted by atomic mass is 32.1. The molecule has 5 heteroatoms. The van der Waals surface area contributed by atoms with Gasteiger partial charge in [-0.3, -0.25) is 0 Å². The Morgan fingerprint density at radius 2 is 2.24 bits per heavy atom. The van der Waals surface area contributed by atoms with Gasteiger partial charge in [-0.05, 0) is 41.7 Å². The molecule has 0 saturated heterocycles. The van der Waals surface area contributed by atoms with Crippen molar-refractivity contribution in [3.05, 3.63) is 22.4 Å². The first-order chi connectivity index (χ1) is 8.09. The molecular formula is C12H20N2O2S. The molecule has 0 aliphatic carbocycles. The lowest BCUT2D eigenvalue weighted by atomic mass is 10.1. The number of carbonyl (C=O) groups excluding carboxylic acids is 1. The third-order valence-electron chi connectivity index (χ3n) is 2.53. The summed E-state index contributed by atoms with van der Waals surface area (Å²) in [6.07, 6.45) is 0.202. The zero-order valence-corrected chi connectivity index (χ0v) is 11.1. The van der Waals surface area contributed by atoms with E-state index in [1.165, 1.54) is 5.56 Å². The van der Waals surface area contributed by atoms with Crippen LogP contribution in [0.25, 0.3) is 0 Å². The van der Waals surface area contributed by atoms with Crippen molar-refractivity contribution < 1.29 is 9.90 Å². The molecule has 2 unspecified atom stereocenters. The fraction of sp³-hybridized carbons (Fsp3) is 0.583. The Balaban J connectivity index is 2.15. The second-order valence-electron chi connectivity index (χ2n) is 4.23. The second-order valence-corrected chi connectivity index (χ2v) is 5.01. The molecule has 1 aromatic heterocycles. The maximum absolute atomic E-state index is 11.4.